The first-order valence-corrected chi connectivity index (χ1v) is 6.36. The number of carbonyl (C=O) groups is 1. The van der Waals surface area contributed by atoms with Gasteiger partial charge in [0.1, 0.15) is 11.8 Å². The van der Waals surface area contributed by atoms with Crippen molar-refractivity contribution in [1.29, 1.82) is 0 Å². The molecule has 0 bridgehead atoms. The topological polar surface area (TPSA) is 29.5 Å². The van der Waals surface area contributed by atoms with Crippen molar-refractivity contribution in [2.75, 3.05) is 6.54 Å². The summed E-state index contributed by atoms with van der Waals surface area (Å²) in [5.74, 6) is 0. The van der Waals surface area contributed by atoms with Gasteiger partial charge in [0.2, 0.25) is 0 Å². The van der Waals surface area contributed by atoms with Crippen molar-refractivity contribution >= 4 is 6.09 Å². The number of amides is 1. The van der Waals surface area contributed by atoms with Crippen LogP contribution < -0.4 is 0 Å². The molecule has 1 aliphatic rings. The van der Waals surface area contributed by atoms with Crippen LogP contribution >= 0.6 is 0 Å². The standard InChI is InChI=1S/C10H18FNO2.C3H8/c1-7-8(11)5-6-12(7)9(13)14-10(2,3)4;1-3-2/h7-8H,5-6H2,1-4H3;3H2,1-2H3. The van der Waals surface area contributed by atoms with Gasteiger partial charge in [-0.05, 0) is 34.1 Å². The Kier molecular flexibility index (Phi) is 6.50. The van der Waals surface area contributed by atoms with Gasteiger partial charge in [0.15, 0.2) is 0 Å². The van der Waals surface area contributed by atoms with Crippen molar-refractivity contribution in [2.24, 2.45) is 0 Å². The average Bonchev–Trinajstić information content (AvgIpc) is 2.46. The third kappa shape index (κ3) is 5.89. The minimum absolute atomic E-state index is 0.357. The summed E-state index contributed by atoms with van der Waals surface area (Å²) in [6.45, 7) is 11.8. The molecule has 4 heteroatoms. The van der Waals surface area contributed by atoms with E-state index >= 15 is 0 Å². The van der Waals surface area contributed by atoms with Gasteiger partial charge in [0.05, 0.1) is 6.04 Å². The van der Waals surface area contributed by atoms with Crippen LogP contribution in [0.25, 0.3) is 0 Å². The fourth-order valence-electron chi connectivity index (χ4n) is 1.48. The molecule has 2 atom stereocenters. The summed E-state index contributed by atoms with van der Waals surface area (Å²) < 4.78 is 18.3. The van der Waals surface area contributed by atoms with Crippen LogP contribution in [0.1, 0.15) is 54.4 Å². The van der Waals surface area contributed by atoms with Crippen molar-refractivity contribution < 1.29 is 13.9 Å². The number of carbonyl (C=O) groups excluding carboxylic acids is 1. The van der Waals surface area contributed by atoms with Crippen molar-refractivity contribution in [3.8, 4) is 0 Å². The minimum atomic E-state index is -0.914. The largest absolute Gasteiger partial charge is 0.444 e. The van der Waals surface area contributed by atoms with E-state index in [1.807, 2.05) is 0 Å². The number of rotatable bonds is 0. The molecule has 0 aromatic rings. The molecule has 0 radical (unpaired) electrons. The molecule has 1 heterocycles. The van der Waals surface area contributed by atoms with Crippen LogP contribution in [0.2, 0.25) is 0 Å². The Hall–Kier alpha value is -0.800. The predicted octanol–water partition coefficient (Wildman–Crippen LogP) is 3.77. The zero-order chi connectivity index (χ0) is 13.6. The van der Waals surface area contributed by atoms with Crippen LogP contribution in [0.15, 0.2) is 0 Å². The third-order valence-corrected chi connectivity index (χ3v) is 2.29. The molecule has 0 aromatic heterocycles. The van der Waals surface area contributed by atoms with Gasteiger partial charge >= 0.3 is 6.09 Å². The molecule has 1 aliphatic heterocycles. The molecule has 3 nitrogen and oxygen atoms in total. The second kappa shape index (κ2) is 6.82. The van der Waals surface area contributed by atoms with Crippen molar-refractivity contribution in [1.82, 2.24) is 4.90 Å². The molecular weight excluding hydrogens is 221 g/mol. The summed E-state index contributed by atoms with van der Waals surface area (Å²) in [7, 11) is 0. The highest BCUT2D eigenvalue weighted by Gasteiger charge is 2.36. The maximum Gasteiger partial charge on any atom is 0.410 e. The van der Waals surface area contributed by atoms with Crippen LogP contribution in [-0.4, -0.2) is 35.4 Å². The lowest BCUT2D eigenvalue weighted by molar-refractivity contribution is 0.0213. The van der Waals surface area contributed by atoms with E-state index in [9.17, 15) is 9.18 Å². The minimum Gasteiger partial charge on any atom is -0.444 e. The van der Waals surface area contributed by atoms with Gasteiger partial charge in [-0.2, -0.15) is 0 Å². The molecule has 0 N–H and O–H groups in total. The smallest absolute Gasteiger partial charge is 0.410 e. The van der Waals surface area contributed by atoms with Crippen molar-refractivity contribution in [3.05, 3.63) is 0 Å². The monoisotopic (exact) mass is 247 g/mol. The lowest BCUT2D eigenvalue weighted by atomic mass is 10.2. The second-order valence-corrected chi connectivity index (χ2v) is 5.43. The van der Waals surface area contributed by atoms with E-state index in [0.717, 1.165) is 0 Å². The third-order valence-electron chi connectivity index (χ3n) is 2.29. The Labute approximate surface area is 104 Å². The summed E-state index contributed by atoms with van der Waals surface area (Å²) in [4.78, 5) is 13.0. The Morgan fingerprint density at radius 3 is 2.18 bits per heavy atom. The first kappa shape index (κ1) is 16.2. The summed E-state index contributed by atoms with van der Waals surface area (Å²) >= 11 is 0. The maximum atomic E-state index is 13.1. The lowest BCUT2D eigenvalue weighted by Crippen LogP contribution is -2.40. The van der Waals surface area contributed by atoms with E-state index in [2.05, 4.69) is 13.8 Å². The molecule has 0 aliphatic carbocycles. The SMILES string of the molecule is CC1C(F)CCN1C(=O)OC(C)(C)C.CCC. The average molecular weight is 247 g/mol. The highest BCUT2D eigenvalue weighted by molar-refractivity contribution is 5.69. The summed E-state index contributed by atoms with van der Waals surface area (Å²) in [6.07, 6.45) is 0.341. The first-order valence-electron chi connectivity index (χ1n) is 6.36. The molecule has 0 aromatic carbocycles. The van der Waals surface area contributed by atoms with Gasteiger partial charge in [-0.3, -0.25) is 0 Å². The number of hydrogen-bond acceptors (Lipinski definition) is 2. The number of nitrogens with zero attached hydrogens (tertiary/aromatic N) is 1. The summed E-state index contributed by atoms with van der Waals surface area (Å²) in [5.41, 5.74) is -0.509. The normalized spacial score (nSPS) is 24.1. The Morgan fingerprint density at radius 1 is 1.41 bits per heavy atom. The predicted molar refractivity (Wildman–Crippen MR) is 67.9 cm³/mol. The van der Waals surface area contributed by atoms with E-state index in [4.69, 9.17) is 4.74 Å². The number of halogens is 1. The van der Waals surface area contributed by atoms with E-state index in [1.165, 1.54) is 11.3 Å². The molecule has 0 spiro atoms. The van der Waals surface area contributed by atoms with Gasteiger partial charge in [-0.15, -0.1) is 0 Å². The van der Waals surface area contributed by atoms with Gasteiger partial charge in [-0.1, -0.05) is 20.3 Å². The van der Waals surface area contributed by atoms with E-state index in [-0.39, 0.29) is 6.04 Å². The van der Waals surface area contributed by atoms with Gasteiger partial charge < -0.3 is 9.64 Å². The Bertz CT molecular complexity index is 238. The number of likely N-dealkylation sites (tertiary alicyclic amines) is 1. The summed E-state index contributed by atoms with van der Waals surface area (Å²) in [5, 5.41) is 0. The highest BCUT2D eigenvalue weighted by Crippen LogP contribution is 2.22. The van der Waals surface area contributed by atoms with Crippen LogP contribution in [-0.2, 0) is 4.74 Å². The highest BCUT2D eigenvalue weighted by atomic mass is 19.1. The zero-order valence-electron chi connectivity index (χ0n) is 11.9. The molecule has 17 heavy (non-hydrogen) atoms. The fraction of sp³-hybridized carbons (Fsp3) is 0.923. The fourth-order valence-corrected chi connectivity index (χ4v) is 1.48. The number of alkyl halides is 1. The van der Waals surface area contributed by atoms with Crippen LogP contribution in [0.3, 0.4) is 0 Å². The molecule has 2 unspecified atom stereocenters. The number of ether oxygens (including phenoxy) is 1. The maximum absolute atomic E-state index is 13.1. The van der Waals surface area contributed by atoms with Crippen LogP contribution in [0.4, 0.5) is 9.18 Å². The molecule has 1 rings (SSSR count). The second-order valence-electron chi connectivity index (χ2n) is 5.43. The molecule has 1 saturated heterocycles. The lowest BCUT2D eigenvalue weighted by Gasteiger charge is -2.27. The molecule has 102 valence electrons. The molecule has 0 saturated carbocycles. The van der Waals surface area contributed by atoms with E-state index in [1.54, 1.807) is 27.7 Å². The molecule has 1 fully saturated rings. The summed E-state index contributed by atoms with van der Waals surface area (Å²) in [6, 6.07) is -0.357. The van der Waals surface area contributed by atoms with Crippen LogP contribution in [0, 0.1) is 0 Å². The van der Waals surface area contributed by atoms with Crippen LogP contribution in [0.5, 0.6) is 0 Å². The Morgan fingerprint density at radius 2 is 1.88 bits per heavy atom. The van der Waals surface area contributed by atoms with Crippen molar-refractivity contribution in [2.45, 2.75) is 72.2 Å². The number of hydrogen-bond donors (Lipinski definition) is 0. The first-order chi connectivity index (χ1) is 7.72. The Balaban J connectivity index is 0.000000770. The zero-order valence-corrected chi connectivity index (χ0v) is 11.9. The van der Waals surface area contributed by atoms with Crippen molar-refractivity contribution in [3.63, 3.8) is 0 Å². The van der Waals surface area contributed by atoms with E-state index in [0.29, 0.717) is 13.0 Å². The van der Waals surface area contributed by atoms with Gasteiger partial charge in [0.25, 0.3) is 0 Å². The molecule has 1 amide bonds. The molecular formula is C13H26FNO2. The van der Waals surface area contributed by atoms with Gasteiger partial charge in [0, 0.05) is 6.54 Å². The van der Waals surface area contributed by atoms with E-state index < -0.39 is 17.9 Å². The van der Waals surface area contributed by atoms with Gasteiger partial charge in [-0.25, -0.2) is 9.18 Å². The quantitative estimate of drug-likeness (QED) is 0.652.